The minimum atomic E-state index is 0.0856. The van der Waals surface area contributed by atoms with E-state index in [2.05, 4.69) is 103 Å². The molecule has 0 spiro atoms. The van der Waals surface area contributed by atoms with Gasteiger partial charge in [-0.15, -0.1) is 0 Å². The first-order valence-electron chi connectivity index (χ1n) is 12.9. The average Bonchev–Trinajstić information content (AvgIpc) is 3.44. The molecule has 3 aromatic carbocycles. The molecular formula is C32H35NO. The Kier molecular flexibility index (Phi) is 7.06. The summed E-state index contributed by atoms with van der Waals surface area (Å²) in [6, 6.07) is 32.3. The molecule has 0 bridgehead atoms. The van der Waals surface area contributed by atoms with Crippen LogP contribution in [0.5, 0.6) is 0 Å². The van der Waals surface area contributed by atoms with Crippen LogP contribution in [0.3, 0.4) is 0 Å². The molecule has 0 amide bonds. The summed E-state index contributed by atoms with van der Waals surface area (Å²) in [6.45, 7) is 3.86. The number of fused-ring (bicyclic) bond motifs is 1. The predicted molar refractivity (Wildman–Crippen MR) is 139 cm³/mol. The van der Waals surface area contributed by atoms with E-state index in [0.717, 1.165) is 37.9 Å². The van der Waals surface area contributed by atoms with Gasteiger partial charge in [0.2, 0.25) is 0 Å². The van der Waals surface area contributed by atoms with E-state index >= 15 is 0 Å². The van der Waals surface area contributed by atoms with Gasteiger partial charge in [-0.2, -0.15) is 0 Å². The molecule has 0 saturated heterocycles. The summed E-state index contributed by atoms with van der Waals surface area (Å²) in [7, 11) is 0. The van der Waals surface area contributed by atoms with Gasteiger partial charge in [0.1, 0.15) is 0 Å². The molecule has 0 aliphatic heterocycles. The predicted octanol–water partition coefficient (Wildman–Crippen LogP) is 7.01. The van der Waals surface area contributed by atoms with Crippen LogP contribution in [0.1, 0.15) is 49.3 Å². The third kappa shape index (κ3) is 4.79. The lowest BCUT2D eigenvalue weighted by Gasteiger charge is -2.34. The maximum Gasteiger partial charge on any atom is 0.164 e. The Bertz CT molecular complexity index is 1080. The lowest BCUT2D eigenvalue weighted by molar-refractivity contribution is -0.120. The van der Waals surface area contributed by atoms with Crippen molar-refractivity contribution in [3.8, 4) is 0 Å². The quantitative estimate of drug-likeness (QED) is 0.350. The summed E-state index contributed by atoms with van der Waals surface area (Å²) < 4.78 is 0. The minimum Gasteiger partial charge on any atom is -0.294 e. The van der Waals surface area contributed by atoms with E-state index in [1.54, 1.807) is 0 Å². The molecule has 3 aromatic rings. The molecule has 0 aromatic heterocycles. The summed E-state index contributed by atoms with van der Waals surface area (Å²) in [5.41, 5.74) is 6.51. The van der Waals surface area contributed by atoms with Crippen molar-refractivity contribution in [1.29, 1.82) is 0 Å². The summed E-state index contributed by atoms with van der Waals surface area (Å²) in [4.78, 5) is 16.5. The van der Waals surface area contributed by atoms with Gasteiger partial charge in [-0.25, -0.2) is 0 Å². The Morgan fingerprint density at radius 3 is 1.85 bits per heavy atom. The lowest BCUT2D eigenvalue weighted by atomic mass is 9.88. The van der Waals surface area contributed by atoms with Crippen LogP contribution >= 0.6 is 0 Å². The molecular weight excluding hydrogens is 414 g/mol. The number of allylic oxidation sites excluding steroid dienone is 1. The van der Waals surface area contributed by atoms with E-state index < -0.39 is 0 Å². The zero-order chi connectivity index (χ0) is 23.3. The lowest BCUT2D eigenvalue weighted by Crippen LogP contribution is -2.40. The Hall–Kier alpha value is -2.97. The van der Waals surface area contributed by atoms with Crippen LogP contribution in [-0.4, -0.2) is 16.7 Å². The van der Waals surface area contributed by atoms with Gasteiger partial charge in [0.25, 0.3) is 0 Å². The number of carbonyl (C=O) groups excluding carboxylic acids is 1. The van der Waals surface area contributed by atoms with Crippen LogP contribution < -0.4 is 0 Å². The molecule has 0 heterocycles. The number of hydrogen-bond donors (Lipinski definition) is 0. The molecule has 3 atom stereocenters. The van der Waals surface area contributed by atoms with Gasteiger partial charge in [0.15, 0.2) is 5.78 Å². The molecule has 0 radical (unpaired) electrons. The number of carbonyl (C=O) groups is 1. The van der Waals surface area contributed by atoms with Crippen molar-refractivity contribution in [2.45, 2.75) is 58.2 Å². The second-order valence-electron chi connectivity index (χ2n) is 9.90. The molecule has 2 heteroatoms. The van der Waals surface area contributed by atoms with E-state index in [0.29, 0.717) is 11.7 Å². The third-order valence-electron chi connectivity index (χ3n) is 7.79. The molecule has 2 nitrogen and oxygen atoms in total. The van der Waals surface area contributed by atoms with E-state index in [4.69, 9.17) is 0 Å². The Morgan fingerprint density at radius 2 is 1.32 bits per heavy atom. The van der Waals surface area contributed by atoms with Crippen molar-refractivity contribution in [3.63, 3.8) is 0 Å². The number of nitrogens with zero attached hydrogens (tertiary/aromatic N) is 1. The first-order chi connectivity index (χ1) is 16.7. The Balaban J connectivity index is 1.58. The zero-order valence-corrected chi connectivity index (χ0v) is 20.2. The fourth-order valence-corrected chi connectivity index (χ4v) is 6.20. The molecule has 2 aliphatic carbocycles. The number of rotatable bonds is 9. The highest BCUT2D eigenvalue weighted by Crippen LogP contribution is 2.48. The number of benzene rings is 3. The fraction of sp³-hybridized carbons (Fsp3) is 0.344. The fourth-order valence-electron chi connectivity index (χ4n) is 6.20. The molecule has 34 heavy (non-hydrogen) atoms. The first kappa shape index (κ1) is 22.8. The van der Waals surface area contributed by atoms with Crippen LogP contribution in [0, 0.1) is 11.8 Å². The molecule has 174 valence electrons. The van der Waals surface area contributed by atoms with Crippen molar-refractivity contribution < 1.29 is 4.79 Å². The normalized spacial score (nSPS) is 20.7. The summed E-state index contributed by atoms with van der Waals surface area (Å²) in [5, 5.41) is 0. The zero-order valence-electron chi connectivity index (χ0n) is 20.2. The van der Waals surface area contributed by atoms with Crippen molar-refractivity contribution in [2.24, 2.45) is 11.8 Å². The molecule has 1 fully saturated rings. The molecule has 0 unspecified atom stereocenters. The van der Waals surface area contributed by atoms with Crippen molar-refractivity contribution in [1.82, 2.24) is 4.90 Å². The second kappa shape index (κ2) is 10.5. The van der Waals surface area contributed by atoms with Crippen LogP contribution in [0.15, 0.2) is 102 Å². The van der Waals surface area contributed by atoms with Crippen molar-refractivity contribution in [3.05, 3.63) is 119 Å². The van der Waals surface area contributed by atoms with Crippen LogP contribution in [0.4, 0.5) is 0 Å². The maximum absolute atomic E-state index is 13.9. The standard InChI is InChI=1S/C32H35NO/c1-2-27-28-19-12-20-29(28)31(32(27)34)30(21-24-13-6-3-7-14-24)33(22-25-15-8-4-9-16-25)23-26-17-10-5-11-18-26/h3-11,13-18,27-28,30H,2,12,19-23H2,1H3/t27-,28-,30-/m0/s1. The SMILES string of the molecule is CC[C@@H]1C(=O)C([C@H](Cc2ccccc2)N(Cc2ccccc2)Cc2ccccc2)=C2CCC[C@H]21. The summed E-state index contributed by atoms with van der Waals surface area (Å²) in [6.07, 6.45) is 5.32. The maximum atomic E-state index is 13.9. The smallest absolute Gasteiger partial charge is 0.164 e. The number of ketones is 1. The largest absolute Gasteiger partial charge is 0.294 e. The summed E-state index contributed by atoms with van der Waals surface area (Å²) >= 11 is 0. The number of Topliss-reactive ketones (excluding diaryl/α,β-unsaturated/α-hetero) is 1. The highest BCUT2D eigenvalue weighted by molar-refractivity contribution is 6.02. The van der Waals surface area contributed by atoms with Gasteiger partial charge in [0.05, 0.1) is 0 Å². The summed E-state index contributed by atoms with van der Waals surface area (Å²) in [5.74, 6) is 1.08. The monoisotopic (exact) mass is 449 g/mol. The minimum absolute atomic E-state index is 0.0856. The highest BCUT2D eigenvalue weighted by atomic mass is 16.1. The average molecular weight is 450 g/mol. The van der Waals surface area contributed by atoms with Crippen LogP contribution in [0.25, 0.3) is 0 Å². The Labute approximate surface area is 204 Å². The molecule has 0 N–H and O–H groups in total. The van der Waals surface area contributed by atoms with E-state index in [1.165, 1.54) is 35.1 Å². The topological polar surface area (TPSA) is 20.3 Å². The van der Waals surface area contributed by atoms with E-state index in [9.17, 15) is 4.79 Å². The van der Waals surface area contributed by atoms with Gasteiger partial charge in [0, 0.05) is 30.6 Å². The van der Waals surface area contributed by atoms with Gasteiger partial charge in [-0.05, 0) is 54.7 Å². The molecule has 2 aliphatic rings. The van der Waals surface area contributed by atoms with E-state index in [-0.39, 0.29) is 12.0 Å². The van der Waals surface area contributed by atoms with Gasteiger partial charge < -0.3 is 0 Å². The van der Waals surface area contributed by atoms with Crippen LogP contribution in [-0.2, 0) is 24.3 Å². The van der Waals surface area contributed by atoms with Gasteiger partial charge in [-0.1, -0.05) is 103 Å². The van der Waals surface area contributed by atoms with Gasteiger partial charge >= 0.3 is 0 Å². The number of hydrogen-bond acceptors (Lipinski definition) is 2. The molecule has 5 rings (SSSR count). The molecule has 1 saturated carbocycles. The Morgan fingerprint density at radius 1 is 0.794 bits per heavy atom. The first-order valence-corrected chi connectivity index (χ1v) is 12.9. The third-order valence-corrected chi connectivity index (χ3v) is 7.79. The van der Waals surface area contributed by atoms with Crippen molar-refractivity contribution in [2.75, 3.05) is 0 Å². The van der Waals surface area contributed by atoms with E-state index in [1.807, 2.05) is 0 Å². The highest BCUT2D eigenvalue weighted by Gasteiger charge is 2.46. The van der Waals surface area contributed by atoms with Crippen LogP contribution in [0.2, 0.25) is 0 Å². The van der Waals surface area contributed by atoms with Crippen molar-refractivity contribution >= 4 is 5.78 Å². The van der Waals surface area contributed by atoms with Gasteiger partial charge in [-0.3, -0.25) is 9.69 Å². The second-order valence-corrected chi connectivity index (χ2v) is 9.90.